The summed E-state index contributed by atoms with van der Waals surface area (Å²) in [7, 11) is 1.27. The van der Waals surface area contributed by atoms with Crippen LogP contribution in [-0.4, -0.2) is 13.3 Å². The van der Waals surface area contributed by atoms with Crippen LogP contribution in [0.1, 0.15) is 0 Å². The highest BCUT2D eigenvalue weighted by Crippen LogP contribution is 2.08. The molecule has 0 aliphatic rings. The minimum atomic E-state index is -0.698. The van der Waals surface area contributed by atoms with Gasteiger partial charge in [-0.15, -0.1) is 12.4 Å². The van der Waals surface area contributed by atoms with Crippen molar-refractivity contribution >= 4 is 18.6 Å². The Morgan fingerprint density at radius 1 is 1.25 bits per heavy atom. The van der Waals surface area contributed by atoms with Crippen molar-refractivity contribution in [3.8, 4) is 5.75 Å². The maximum Gasteiger partial charge on any atom is 0.513 e. The highest BCUT2D eigenvalue weighted by atomic mass is 35.5. The van der Waals surface area contributed by atoms with Crippen LogP contribution >= 0.6 is 12.4 Å². The first-order chi connectivity index (χ1) is 5.33. The molecular weight excluding hydrogens is 180 g/mol. The summed E-state index contributed by atoms with van der Waals surface area (Å²) in [6.07, 6.45) is -0.698. The lowest BCUT2D eigenvalue weighted by Crippen LogP contribution is -2.06. The predicted molar refractivity (Wildman–Crippen MR) is 46.7 cm³/mol. The van der Waals surface area contributed by atoms with E-state index in [1.54, 1.807) is 24.3 Å². The molecule has 0 aromatic heterocycles. The molecule has 0 saturated carbocycles. The van der Waals surface area contributed by atoms with Crippen LogP contribution in [0.5, 0.6) is 5.75 Å². The van der Waals surface area contributed by atoms with Crippen LogP contribution < -0.4 is 4.74 Å². The summed E-state index contributed by atoms with van der Waals surface area (Å²) in [6, 6.07) is 8.74. The minimum Gasteiger partial charge on any atom is -0.437 e. The molecular formula is C8H9ClO3. The van der Waals surface area contributed by atoms with E-state index in [9.17, 15) is 4.79 Å². The summed E-state index contributed by atoms with van der Waals surface area (Å²) < 4.78 is 9.00. The molecule has 0 bridgehead atoms. The number of ether oxygens (including phenoxy) is 2. The van der Waals surface area contributed by atoms with Gasteiger partial charge in [0.2, 0.25) is 0 Å². The molecule has 3 nitrogen and oxygen atoms in total. The molecule has 0 fully saturated rings. The summed E-state index contributed by atoms with van der Waals surface area (Å²) >= 11 is 0. The van der Waals surface area contributed by atoms with E-state index in [4.69, 9.17) is 4.74 Å². The SMILES string of the molecule is COC(=O)Oc1ccccc1.Cl. The van der Waals surface area contributed by atoms with E-state index in [0.717, 1.165) is 0 Å². The Bertz CT molecular complexity index is 235. The number of para-hydroxylation sites is 1. The second-order valence-electron chi connectivity index (χ2n) is 1.87. The predicted octanol–water partition coefficient (Wildman–Crippen LogP) is 2.25. The van der Waals surface area contributed by atoms with Crippen LogP contribution in [-0.2, 0) is 4.74 Å². The summed E-state index contributed by atoms with van der Waals surface area (Å²) in [5.74, 6) is 0.486. The average Bonchev–Trinajstić information content (AvgIpc) is 2.06. The standard InChI is InChI=1S/C8H8O3.ClH/c1-10-8(9)11-7-5-3-2-4-6-7;/h2-6H,1H3;1H. The van der Waals surface area contributed by atoms with E-state index >= 15 is 0 Å². The Morgan fingerprint density at radius 2 is 1.83 bits per heavy atom. The zero-order valence-corrected chi connectivity index (χ0v) is 7.34. The first kappa shape index (κ1) is 10.8. The lowest BCUT2D eigenvalue weighted by molar-refractivity contribution is 0.121. The molecule has 0 unspecified atom stereocenters. The molecule has 0 saturated heterocycles. The molecule has 0 atom stereocenters. The van der Waals surface area contributed by atoms with Gasteiger partial charge in [-0.05, 0) is 12.1 Å². The molecule has 0 radical (unpaired) electrons. The smallest absolute Gasteiger partial charge is 0.437 e. The van der Waals surface area contributed by atoms with Crippen LogP contribution in [0.4, 0.5) is 4.79 Å². The van der Waals surface area contributed by atoms with Gasteiger partial charge >= 0.3 is 6.16 Å². The first-order valence-corrected chi connectivity index (χ1v) is 3.14. The lowest BCUT2D eigenvalue weighted by Gasteiger charge is -1.99. The van der Waals surface area contributed by atoms with E-state index in [2.05, 4.69) is 4.74 Å². The maximum atomic E-state index is 10.5. The van der Waals surface area contributed by atoms with Crippen LogP contribution in [0.3, 0.4) is 0 Å². The van der Waals surface area contributed by atoms with Gasteiger partial charge in [0.1, 0.15) is 5.75 Å². The molecule has 0 heterocycles. The van der Waals surface area contributed by atoms with Crippen molar-refractivity contribution in [2.75, 3.05) is 7.11 Å². The monoisotopic (exact) mass is 188 g/mol. The lowest BCUT2D eigenvalue weighted by atomic mass is 10.3. The van der Waals surface area contributed by atoms with Crippen molar-refractivity contribution in [3.05, 3.63) is 30.3 Å². The minimum absolute atomic E-state index is 0. The van der Waals surface area contributed by atoms with E-state index in [1.807, 2.05) is 6.07 Å². The van der Waals surface area contributed by atoms with Crippen molar-refractivity contribution in [1.29, 1.82) is 0 Å². The second-order valence-corrected chi connectivity index (χ2v) is 1.87. The van der Waals surface area contributed by atoms with Crippen LogP contribution in [0, 0.1) is 0 Å². The van der Waals surface area contributed by atoms with E-state index < -0.39 is 6.16 Å². The highest BCUT2D eigenvalue weighted by Gasteiger charge is 2.00. The topological polar surface area (TPSA) is 35.5 Å². The zero-order chi connectivity index (χ0) is 8.10. The van der Waals surface area contributed by atoms with Crippen molar-refractivity contribution in [2.24, 2.45) is 0 Å². The molecule has 1 aromatic carbocycles. The van der Waals surface area contributed by atoms with Gasteiger partial charge in [0.25, 0.3) is 0 Å². The van der Waals surface area contributed by atoms with Crippen molar-refractivity contribution < 1.29 is 14.3 Å². The van der Waals surface area contributed by atoms with Gasteiger partial charge in [0, 0.05) is 0 Å². The number of hydrogen-bond acceptors (Lipinski definition) is 3. The zero-order valence-electron chi connectivity index (χ0n) is 6.52. The fraction of sp³-hybridized carbons (Fsp3) is 0.125. The van der Waals surface area contributed by atoms with Crippen LogP contribution in [0.15, 0.2) is 30.3 Å². The molecule has 1 rings (SSSR count). The Balaban J connectivity index is 0.00000121. The fourth-order valence-electron chi connectivity index (χ4n) is 0.626. The van der Waals surface area contributed by atoms with Crippen LogP contribution in [0.25, 0.3) is 0 Å². The molecule has 0 N–H and O–H groups in total. The summed E-state index contributed by atoms with van der Waals surface area (Å²) in [5.41, 5.74) is 0. The van der Waals surface area contributed by atoms with Gasteiger partial charge < -0.3 is 9.47 Å². The number of benzene rings is 1. The van der Waals surface area contributed by atoms with Gasteiger partial charge in [0.05, 0.1) is 7.11 Å². The van der Waals surface area contributed by atoms with Crippen molar-refractivity contribution in [2.45, 2.75) is 0 Å². The number of halogens is 1. The molecule has 1 aromatic rings. The van der Waals surface area contributed by atoms with E-state index in [0.29, 0.717) is 5.75 Å². The van der Waals surface area contributed by atoms with Gasteiger partial charge in [0.15, 0.2) is 0 Å². The summed E-state index contributed by atoms with van der Waals surface area (Å²) in [4.78, 5) is 10.5. The van der Waals surface area contributed by atoms with Gasteiger partial charge in [-0.3, -0.25) is 0 Å². The molecule has 12 heavy (non-hydrogen) atoms. The largest absolute Gasteiger partial charge is 0.513 e. The van der Waals surface area contributed by atoms with Gasteiger partial charge in [-0.25, -0.2) is 4.79 Å². The molecule has 0 amide bonds. The number of rotatable bonds is 1. The average molecular weight is 189 g/mol. The van der Waals surface area contributed by atoms with Crippen LogP contribution in [0.2, 0.25) is 0 Å². The van der Waals surface area contributed by atoms with Gasteiger partial charge in [-0.1, -0.05) is 18.2 Å². The third-order valence-electron chi connectivity index (χ3n) is 1.11. The maximum absolute atomic E-state index is 10.5. The Morgan fingerprint density at radius 3 is 2.33 bits per heavy atom. The third-order valence-corrected chi connectivity index (χ3v) is 1.11. The van der Waals surface area contributed by atoms with Crippen molar-refractivity contribution in [1.82, 2.24) is 0 Å². The van der Waals surface area contributed by atoms with Gasteiger partial charge in [-0.2, -0.15) is 0 Å². The molecule has 4 heteroatoms. The molecule has 0 aliphatic carbocycles. The molecule has 0 aliphatic heterocycles. The summed E-state index contributed by atoms with van der Waals surface area (Å²) in [5, 5.41) is 0. The number of carbonyl (C=O) groups excluding carboxylic acids is 1. The quantitative estimate of drug-likeness (QED) is 0.501. The fourth-order valence-corrected chi connectivity index (χ4v) is 0.626. The highest BCUT2D eigenvalue weighted by molar-refractivity contribution is 5.85. The number of methoxy groups -OCH3 is 1. The Hall–Kier alpha value is -1.22. The first-order valence-electron chi connectivity index (χ1n) is 3.14. The Labute approximate surface area is 76.7 Å². The number of hydrogen-bond donors (Lipinski definition) is 0. The molecule has 66 valence electrons. The van der Waals surface area contributed by atoms with Crippen molar-refractivity contribution in [3.63, 3.8) is 0 Å². The summed E-state index contributed by atoms with van der Waals surface area (Å²) in [6.45, 7) is 0. The third kappa shape index (κ3) is 3.25. The number of carbonyl (C=O) groups is 1. The normalized spacial score (nSPS) is 8.08. The second kappa shape index (κ2) is 5.43. The molecule has 0 spiro atoms. The van der Waals surface area contributed by atoms with E-state index in [-0.39, 0.29) is 12.4 Å². The Kier molecular flexibility index (Phi) is 4.88. The van der Waals surface area contributed by atoms with E-state index in [1.165, 1.54) is 7.11 Å².